The van der Waals surface area contributed by atoms with Crippen LogP contribution in [0.4, 0.5) is 10.5 Å². The molecule has 132 valence electrons. The van der Waals surface area contributed by atoms with Crippen molar-refractivity contribution in [3.05, 3.63) is 53.5 Å². The standard InChI is InChI=1S/C19H23N3O3/c1-12-3-10-17(25-12)13(2)21-19(24)20-11-14-4-8-16(9-5-14)22-18(23)15-6-7-15/h3-5,8-10,13,15H,6-7,11H2,1-2H3,(H,22,23)(H2,20,21,24). The van der Waals surface area contributed by atoms with E-state index >= 15 is 0 Å². The van der Waals surface area contributed by atoms with E-state index in [0.29, 0.717) is 6.54 Å². The third-order valence-electron chi connectivity index (χ3n) is 4.16. The summed E-state index contributed by atoms with van der Waals surface area (Å²) in [5.41, 5.74) is 1.74. The summed E-state index contributed by atoms with van der Waals surface area (Å²) in [6.45, 7) is 4.15. The Hall–Kier alpha value is -2.76. The summed E-state index contributed by atoms with van der Waals surface area (Å²) < 4.78 is 5.50. The van der Waals surface area contributed by atoms with E-state index in [0.717, 1.165) is 35.6 Å². The molecule has 1 atom stereocenters. The summed E-state index contributed by atoms with van der Waals surface area (Å²) in [4.78, 5) is 23.7. The maximum Gasteiger partial charge on any atom is 0.315 e. The summed E-state index contributed by atoms with van der Waals surface area (Å²) in [5, 5.41) is 8.54. The molecule has 3 amide bonds. The van der Waals surface area contributed by atoms with Gasteiger partial charge in [0.05, 0.1) is 6.04 Å². The first-order valence-electron chi connectivity index (χ1n) is 8.52. The largest absolute Gasteiger partial charge is 0.464 e. The second-order valence-corrected chi connectivity index (χ2v) is 6.46. The molecule has 1 fully saturated rings. The number of benzene rings is 1. The van der Waals surface area contributed by atoms with Crippen molar-refractivity contribution in [3.63, 3.8) is 0 Å². The molecule has 1 aromatic heterocycles. The fourth-order valence-electron chi connectivity index (χ4n) is 2.48. The topological polar surface area (TPSA) is 83.4 Å². The van der Waals surface area contributed by atoms with Crippen molar-refractivity contribution in [1.82, 2.24) is 10.6 Å². The fourth-order valence-corrected chi connectivity index (χ4v) is 2.48. The molecule has 1 aliphatic rings. The number of carbonyl (C=O) groups excluding carboxylic acids is 2. The number of anilines is 1. The Balaban J connectivity index is 1.44. The minimum Gasteiger partial charge on any atom is -0.464 e. The number of aryl methyl sites for hydroxylation is 1. The third kappa shape index (κ3) is 4.86. The van der Waals surface area contributed by atoms with Crippen molar-refractivity contribution in [3.8, 4) is 0 Å². The smallest absolute Gasteiger partial charge is 0.315 e. The normalized spacial score (nSPS) is 14.6. The highest BCUT2D eigenvalue weighted by Crippen LogP contribution is 2.30. The van der Waals surface area contributed by atoms with E-state index in [4.69, 9.17) is 4.42 Å². The molecule has 6 nitrogen and oxygen atoms in total. The van der Waals surface area contributed by atoms with Crippen LogP contribution in [0.1, 0.15) is 42.9 Å². The van der Waals surface area contributed by atoms with Crippen LogP contribution in [0.25, 0.3) is 0 Å². The van der Waals surface area contributed by atoms with Crippen molar-refractivity contribution >= 4 is 17.6 Å². The van der Waals surface area contributed by atoms with E-state index < -0.39 is 0 Å². The van der Waals surface area contributed by atoms with Gasteiger partial charge in [0.25, 0.3) is 0 Å². The maximum absolute atomic E-state index is 12.0. The van der Waals surface area contributed by atoms with Gasteiger partial charge in [0, 0.05) is 18.2 Å². The molecule has 1 aromatic carbocycles. The van der Waals surface area contributed by atoms with Gasteiger partial charge in [0.2, 0.25) is 5.91 Å². The Morgan fingerprint density at radius 2 is 1.88 bits per heavy atom. The van der Waals surface area contributed by atoms with E-state index in [1.54, 1.807) is 0 Å². The van der Waals surface area contributed by atoms with Crippen LogP contribution in [0.2, 0.25) is 0 Å². The van der Waals surface area contributed by atoms with E-state index in [1.807, 2.05) is 50.2 Å². The third-order valence-corrected chi connectivity index (χ3v) is 4.16. The van der Waals surface area contributed by atoms with Crippen LogP contribution in [-0.4, -0.2) is 11.9 Å². The van der Waals surface area contributed by atoms with Crippen molar-refractivity contribution in [1.29, 1.82) is 0 Å². The first-order chi connectivity index (χ1) is 12.0. The molecule has 25 heavy (non-hydrogen) atoms. The number of carbonyl (C=O) groups is 2. The van der Waals surface area contributed by atoms with E-state index in [-0.39, 0.29) is 23.9 Å². The molecule has 0 spiro atoms. The lowest BCUT2D eigenvalue weighted by molar-refractivity contribution is -0.117. The molecule has 3 rings (SSSR count). The second kappa shape index (κ2) is 7.42. The zero-order valence-corrected chi connectivity index (χ0v) is 14.5. The highest BCUT2D eigenvalue weighted by Gasteiger charge is 2.29. The zero-order valence-electron chi connectivity index (χ0n) is 14.5. The van der Waals surface area contributed by atoms with Gasteiger partial charge in [0.1, 0.15) is 11.5 Å². The molecule has 6 heteroatoms. The molecule has 1 heterocycles. The average Bonchev–Trinajstić information content (AvgIpc) is 3.35. The monoisotopic (exact) mass is 341 g/mol. The zero-order chi connectivity index (χ0) is 17.8. The Labute approximate surface area is 147 Å². The first kappa shape index (κ1) is 17.1. The second-order valence-electron chi connectivity index (χ2n) is 6.46. The van der Waals surface area contributed by atoms with Gasteiger partial charge >= 0.3 is 6.03 Å². The number of hydrogen-bond donors (Lipinski definition) is 3. The van der Waals surface area contributed by atoms with Crippen LogP contribution in [0.15, 0.2) is 40.8 Å². The number of nitrogens with one attached hydrogen (secondary N) is 3. The Morgan fingerprint density at radius 1 is 1.16 bits per heavy atom. The number of urea groups is 1. The van der Waals surface area contributed by atoms with E-state index in [1.165, 1.54) is 0 Å². The molecule has 2 aromatic rings. The van der Waals surface area contributed by atoms with Crippen LogP contribution in [0.3, 0.4) is 0 Å². The summed E-state index contributed by atoms with van der Waals surface area (Å²) in [6, 6.07) is 10.8. The van der Waals surface area contributed by atoms with Crippen LogP contribution in [0, 0.1) is 12.8 Å². The van der Waals surface area contributed by atoms with Gasteiger partial charge in [-0.3, -0.25) is 4.79 Å². The molecule has 0 bridgehead atoms. The molecule has 1 aliphatic carbocycles. The van der Waals surface area contributed by atoms with Crippen LogP contribution < -0.4 is 16.0 Å². The molecule has 0 radical (unpaired) electrons. The number of rotatable bonds is 6. The summed E-state index contributed by atoms with van der Waals surface area (Å²) in [7, 11) is 0. The summed E-state index contributed by atoms with van der Waals surface area (Å²) in [6.07, 6.45) is 1.97. The van der Waals surface area contributed by atoms with Gasteiger partial charge in [-0.05, 0) is 56.5 Å². The fraction of sp³-hybridized carbons (Fsp3) is 0.368. The highest BCUT2D eigenvalue weighted by atomic mass is 16.3. The SMILES string of the molecule is Cc1ccc(C(C)NC(=O)NCc2ccc(NC(=O)C3CC3)cc2)o1. The van der Waals surface area contributed by atoms with E-state index in [2.05, 4.69) is 16.0 Å². The first-order valence-corrected chi connectivity index (χ1v) is 8.52. The number of hydrogen-bond acceptors (Lipinski definition) is 3. The minimum atomic E-state index is -0.257. The van der Waals surface area contributed by atoms with Gasteiger partial charge in [-0.15, -0.1) is 0 Å². The quantitative estimate of drug-likeness (QED) is 0.752. The number of amides is 3. The predicted molar refractivity (Wildman–Crippen MR) is 95.0 cm³/mol. The maximum atomic E-state index is 12.0. The van der Waals surface area contributed by atoms with Crippen molar-refractivity contribution in [2.24, 2.45) is 5.92 Å². The lowest BCUT2D eigenvalue weighted by atomic mass is 10.2. The van der Waals surface area contributed by atoms with Gasteiger partial charge in [0.15, 0.2) is 0 Å². The molecule has 1 saturated carbocycles. The Morgan fingerprint density at radius 3 is 2.48 bits per heavy atom. The summed E-state index contributed by atoms with van der Waals surface area (Å²) in [5.74, 6) is 1.82. The van der Waals surface area contributed by atoms with Crippen molar-refractivity contribution in [2.45, 2.75) is 39.3 Å². The van der Waals surface area contributed by atoms with Gasteiger partial charge < -0.3 is 20.4 Å². The van der Waals surface area contributed by atoms with Gasteiger partial charge in [-0.1, -0.05) is 12.1 Å². The Bertz CT molecular complexity index is 748. The lowest BCUT2D eigenvalue weighted by Gasteiger charge is -2.13. The molecule has 3 N–H and O–H groups in total. The van der Waals surface area contributed by atoms with Gasteiger partial charge in [-0.2, -0.15) is 0 Å². The molecule has 0 aliphatic heterocycles. The molecular formula is C19H23N3O3. The molecule has 1 unspecified atom stereocenters. The average molecular weight is 341 g/mol. The summed E-state index contributed by atoms with van der Waals surface area (Å²) >= 11 is 0. The van der Waals surface area contributed by atoms with Crippen molar-refractivity contribution < 1.29 is 14.0 Å². The molecule has 0 saturated heterocycles. The number of furan rings is 1. The van der Waals surface area contributed by atoms with E-state index in [9.17, 15) is 9.59 Å². The minimum absolute atomic E-state index is 0.0902. The highest BCUT2D eigenvalue weighted by molar-refractivity contribution is 5.94. The van der Waals surface area contributed by atoms with Crippen LogP contribution >= 0.6 is 0 Å². The molecular weight excluding hydrogens is 318 g/mol. The lowest BCUT2D eigenvalue weighted by Crippen LogP contribution is -2.36. The Kier molecular flexibility index (Phi) is 5.07. The van der Waals surface area contributed by atoms with Crippen LogP contribution in [-0.2, 0) is 11.3 Å². The predicted octanol–water partition coefficient (Wildman–Crippen LogP) is 3.50. The van der Waals surface area contributed by atoms with Gasteiger partial charge in [-0.25, -0.2) is 4.79 Å². The van der Waals surface area contributed by atoms with Crippen LogP contribution in [0.5, 0.6) is 0 Å². The van der Waals surface area contributed by atoms with Crippen molar-refractivity contribution in [2.75, 3.05) is 5.32 Å².